The van der Waals surface area contributed by atoms with Crippen LogP contribution in [0, 0.1) is 3.57 Å². The first-order valence-electron chi connectivity index (χ1n) is 3.30. The van der Waals surface area contributed by atoms with Gasteiger partial charge in [0.15, 0.2) is 0 Å². The molecule has 0 aliphatic rings. The normalized spacial score (nSPS) is 11.8. The lowest BCUT2D eigenvalue weighted by atomic mass is 10.5. The van der Waals surface area contributed by atoms with Gasteiger partial charge in [-0.3, -0.25) is 9.36 Å². The van der Waals surface area contributed by atoms with Crippen LogP contribution in [0.2, 0.25) is 0 Å². The molecule has 0 aliphatic carbocycles. The topological polar surface area (TPSA) is 34.9 Å². The highest BCUT2D eigenvalue weighted by atomic mass is 127. The van der Waals surface area contributed by atoms with E-state index in [0.717, 1.165) is 0 Å². The third kappa shape index (κ3) is 2.96. The molecule has 0 amide bonds. The quantitative estimate of drug-likeness (QED) is 0.779. The summed E-state index contributed by atoms with van der Waals surface area (Å²) in [7, 11) is 0. The monoisotopic (exact) mass is 330 g/mol. The van der Waals surface area contributed by atoms with Crippen LogP contribution in [0.3, 0.4) is 0 Å². The maximum atomic E-state index is 11.4. The number of halogens is 3. The molecule has 0 aliphatic heterocycles. The van der Waals surface area contributed by atoms with Gasteiger partial charge >= 0.3 is 0 Å². The van der Waals surface area contributed by atoms with Gasteiger partial charge < -0.3 is 0 Å². The third-order valence-corrected chi connectivity index (χ3v) is 2.64. The van der Waals surface area contributed by atoms with Crippen molar-refractivity contribution in [2.45, 2.75) is 6.54 Å². The van der Waals surface area contributed by atoms with Gasteiger partial charge in [-0.05, 0) is 22.6 Å². The highest BCUT2D eigenvalue weighted by Crippen LogP contribution is 2.05. The van der Waals surface area contributed by atoms with Crippen LogP contribution in [0.4, 0.5) is 0 Å². The second kappa shape index (κ2) is 4.97. The van der Waals surface area contributed by atoms with Crippen molar-refractivity contribution in [3.05, 3.63) is 37.0 Å². The molecule has 0 atom stereocenters. The Balaban J connectivity index is 3.03. The first kappa shape index (κ1) is 11.0. The summed E-state index contributed by atoms with van der Waals surface area (Å²) in [5.41, 5.74) is 1.11. The Hall–Kier alpha value is -0.0700. The lowest BCUT2D eigenvalue weighted by Crippen LogP contribution is -2.22. The Morgan fingerprint density at radius 1 is 1.77 bits per heavy atom. The number of nitrogens with zero attached hydrogens (tertiary/aromatic N) is 2. The van der Waals surface area contributed by atoms with Gasteiger partial charge in [-0.2, -0.15) is 0 Å². The number of rotatable bonds is 2. The first-order chi connectivity index (χ1) is 6.15. The fourth-order valence-electron chi connectivity index (χ4n) is 0.734. The first-order valence-corrected chi connectivity index (χ1v) is 5.19. The molecule has 6 heteroatoms. The van der Waals surface area contributed by atoms with E-state index in [0.29, 0.717) is 8.60 Å². The summed E-state index contributed by atoms with van der Waals surface area (Å²) in [4.78, 5) is 15.3. The molecule has 1 aromatic heterocycles. The lowest BCUT2D eigenvalue weighted by Gasteiger charge is -2.02. The maximum Gasteiger partial charge on any atom is 0.267 e. The number of allylic oxidation sites excluding steroid dienone is 1. The van der Waals surface area contributed by atoms with Crippen LogP contribution in [0.25, 0.3) is 0 Å². The number of hydrogen-bond acceptors (Lipinski definition) is 2. The zero-order valence-electron chi connectivity index (χ0n) is 6.38. The molecule has 0 saturated heterocycles. The average molecular weight is 331 g/mol. The summed E-state index contributed by atoms with van der Waals surface area (Å²) in [6.07, 6.45) is 2.92. The fraction of sp³-hybridized carbons (Fsp3) is 0.143. The van der Waals surface area contributed by atoms with E-state index in [1.165, 1.54) is 22.6 Å². The minimum absolute atomic E-state index is 0.118. The summed E-state index contributed by atoms with van der Waals surface area (Å²) in [6, 6.07) is 0. The van der Waals surface area contributed by atoms with E-state index in [-0.39, 0.29) is 12.1 Å². The van der Waals surface area contributed by atoms with Gasteiger partial charge in [0, 0.05) is 16.8 Å². The highest BCUT2D eigenvalue weighted by Gasteiger charge is 2.01. The van der Waals surface area contributed by atoms with E-state index in [4.69, 9.17) is 23.2 Å². The zero-order valence-corrected chi connectivity index (χ0v) is 10.0. The van der Waals surface area contributed by atoms with E-state index in [1.807, 2.05) is 22.6 Å². The predicted molar refractivity (Wildman–Crippen MR) is 61.0 cm³/mol. The molecule has 0 N–H and O–H groups in total. The maximum absolute atomic E-state index is 11.4. The van der Waals surface area contributed by atoms with Crippen molar-refractivity contribution in [1.29, 1.82) is 0 Å². The van der Waals surface area contributed by atoms with Crippen molar-refractivity contribution >= 4 is 45.8 Å². The molecule has 0 aromatic carbocycles. The summed E-state index contributed by atoms with van der Waals surface area (Å²) in [6.45, 7) is 0.258. The van der Waals surface area contributed by atoms with Gasteiger partial charge in [-0.15, -0.1) is 0 Å². The average Bonchev–Trinajstić information content (AvgIpc) is 2.13. The van der Waals surface area contributed by atoms with Gasteiger partial charge in [-0.25, -0.2) is 4.98 Å². The van der Waals surface area contributed by atoms with Crippen molar-refractivity contribution in [3.63, 3.8) is 0 Å². The molecule has 0 bridgehead atoms. The minimum Gasteiger partial charge on any atom is -0.293 e. The van der Waals surface area contributed by atoms with Crippen molar-refractivity contribution in [2.75, 3.05) is 0 Å². The zero-order chi connectivity index (χ0) is 9.84. The van der Waals surface area contributed by atoms with E-state index in [1.54, 1.807) is 0 Å². The standard InChI is InChI=1S/C7H5Cl2IN2O/c8-1-5(9)3-12-4-11-2-6(10)7(12)13/h1-2,4H,3H2. The molecule has 1 rings (SSSR count). The Bertz CT molecular complexity index is 388. The molecule has 0 radical (unpaired) electrons. The van der Waals surface area contributed by atoms with Crippen molar-refractivity contribution in [1.82, 2.24) is 9.55 Å². The van der Waals surface area contributed by atoms with Crippen LogP contribution in [-0.4, -0.2) is 9.55 Å². The highest BCUT2D eigenvalue weighted by molar-refractivity contribution is 14.1. The van der Waals surface area contributed by atoms with Crippen LogP contribution < -0.4 is 5.56 Å². The lowest BCUT2D eigenvalue weighted by molar-refractivity contribution is 0.739. The van der Waals surface area contributed by atoms with Gasteiger partial charge in [-0.1, -0.05) is 23.2 Å². The molecule has 70 valence electrons. The Morgan fingerprint density at radius 2 is 2.46 bits per heavy atom. The van der Waals surface area contributed by atoms with E-state index < -0.39 is 0 Å². The number of aromatic nitrogens is 2. The second-order valence-electron chi connectivity index (χ2n) is 2.23. The molecular formula is C7H5Cl2IN2O. The van der Waals surface area contributed by atoms with Crippen molar-refractivity contribution in [2.24, 2.45) is 0 Å². The summed E-state index contributed by atoms with van der Waals surface area (Å²) in [5, 5.41) is 0.396. The fourth-order valence-corrected chi connectivity index (χ4v) is 1.40. The van der Waals surface area contributed by atoms with Crippen LogP contribution >= 0.6 is 45.8 Å². The van der Waals surface area contributed by atoms with Gasteiger partial charge in [0.25, 0.3) is 5.56 Å². The Morgan fingerprint density at radius 3 is 3.08 bits per heavy atom. The SMILES string of the molecule is O=c1c(I)cncn1CC(Cl)=CCl. The van der Waals surface area contributed by atoms with Gasteiger partial charge in [0.1, 0.15) is 0 Å². The van der Waals surface area contributed by atoms with Crippen molar-refractivity contribution < 1.29 is 0 Å². The minimum atomic E-state index is -0.118. The van der Waals surface area contributed by atoms with E-state index >= 15 is 0 Å². The van der Waals surface area contributed by atoms with Gasteiger partial charge in [0.05, 0.1) is 16.4 Å². The smallest absolute Gasteiger partial charge is 0.267 e. The molecule has 0 unspecified atom stereocenters. The number of hydrogen-bond donors (Lipinski definition) is 0. The van der Waals surface area contributed by atoms with Gasteiger partial charge in [0.2, 0.25) is 0 Å². The second-order valence-corrected chi connectivity index (χ2v) is 4.10. The molecule has 0 saturated carbocycles. The largest absolute Gasteiger partial charge is 0.293 e. The molecule has 1 aromatic rings. The predicted octanol–water partition coefficient (Wildman–Crippen LogP) is 2.17. The molecule has 1 heterocycles. The molecule has 13 heavy (non-hydrogen) atoms. The van der Waals surface area contributed by atoms with E-state index in [2.05, 4.69) is 4.98 Å². The van der Waals surface area contributed by atoms with Crippen LogP contribution in [-0.2, 0) is 6.54 Å². The molecule has 0 spiro atoms. The summed E-state index contributed by atoms with van der Waals surface area (Å²) < 4.78 is 1.95. The van der Waals surface area contributed by atoms with Crippen molar-refractivity contribution in [3.8, 4) is 0 Å². The summed E-state index contributed by atoms with van der Waals surface area (Å²) >= 11 is 12.9. The Kier molecular flexibility index (Phi) is 4.21. The summed E-state index contributed by atoms with van der Waals surface area (Å²) in [5.74, 6) is 0. The third-order valence-electron chi connectivity index (χ3n) is 1.30. The molecule has 0 fully saturated rings. The Labute approximate surface area is 98.5 Å². The van der Waals surface area contributed by atoms with Crippen LogP contribution in [0.15, 0.2) is 27.9 Å². The van der Waals surface area contributed by atoms with Crippen LogP contribution in [0.1, 0.15) is 0 Å². The van der Waals surface area contributed by atoms with E-state index in [9.17, 15) is 4.79 Å². The molecule has 3 nitrogen and oxygen atoms in total. The van der Waals surface area contributed by atoms with Crippen LogP contribution in [0.5, 0.6) is 0 Å². The molecular weight excluding hydrogens is 326 g/mol.